The summed E-state index contributed by atoms with van der Waals surface area (Å²) >= 11 is 0. The van der Waals surface area contributed by atoms with Gasteiger partial charge >= 0.3 is 6.09 Å². The smallest absolute Gasteiger partial charge is 0.415 e. The summed E-state index contributed by atoms with van der Waals surface area (Å²) in [7, 11) is 0. The zero-order valence-electron chi connectivity index (χ0n) is 17.8. The topological polar surface area (TPSA) is 76.6 Å². The molecule has 7 nitrogen and oxygen atoms in total. The highest BCUT2D eigenvalue weighted by Crippen LogP contribution is 2.27. The van der Waals surface area contributed by atoms with Crippen LogP contribution < -0.4 is 15.0 Å². The van der Waals surface area contributed by atoms with Crippen molar-refractivity contribution in [3.63, 3.8) is 0 Å². The van der Waals surface area contributed by atoms with Crippen LogP contribution in [0.2, 0.25) is 0 Å². The van der Waals surface area contributed by atoms with E-state index in [1.165, 1.54) is 0 Å². The standard InChI is InChI=1S/C22H30N4O3/c1-14(2)12-28-18-8-6-17(7-9-18)16(5)24-21-23-11-10-20(25-21)26-19(15(3)4)13-29-22(26)27/h6-11,14-16,19H,12-13H2,1-5H3,(H,23,24,25)/t16-,19?/m0/s1. The van der Waals surface area contributed by atoms with Gasteiger partial charge in [0.1, 0.15) is 18.2 Å². The molecule has 1 saturated heterocycles. The van der Waals surface area contributed by atoms with Crippen LogP contribution in [0.25, 0.3) is 0 Å². The number of rotatable bonds is 8. The Morgan fingerprint density at radius 1 is 1.17 bits per heavy atom. The molecule has 1 amide bonds. The first kappa shape index (κ1) is 20.9. The van der Waals surface area contributed by atoms with Crippen LogP contribution in [-0.2, 0) is 4.74 Å². The molecule has 1 aliphatic heterocycles. The van der Waals surface area contributed by atoms with E-state index in [9.17, 15) is 4.79 Å². The Morgan fingerprint density at radius 3 is 2.55 bits per heavy atom. The zero-order valence-corrected chi connectivity index (χ0v) is 17.8. The van der Waals surface area contributed by atoms with Gasteiger partial charge in [-0.05, 0) is 42.5 Å². The van der Waals surface area contributed by atoms with Crippen LogP contribution >= 0.6 is 0 Å². The Labute approximate surface area is 172 Å². The molecule has 1 aliphatic rings. The molecule has 1 aromatic carbocycles. The molecule has 156 valence electrons. The first-order chi connectivity index (χ1) is 13.8. The summed E-state index contributed by atoms with van der Waals surface area (Å²) in [6, 6.07) is 9.71. The number of amides is 1. The van der Waals surface area contributed by atoms with Gasteiger partial charge in [-0.3, -0.25) is 4.90 Å². The second-order valence-corrected chi connectivity index (χ2v) is 8.14. The highest BCUT2D eigenvalue weighted by Gasteiger charge is 2.37. The van der Waals surface area contributed by atoms with E-state index in [2.05, 4.69) is 43.0 Å². The fourth-order valence-electron chi connectivity index (χ4n) is 3.14. The summed E-state index contributed by atoms with van der Waals surface area (Å²) < 4.78 is 11.0. The predicted octanol–water partition coefficient (Wildman–Crippen LogP) is 4.67. The van der Waals surface area contributed by atoms with Crippen LogP contribution in [-0.4, -0.2) is 35.3 Å². The van der Waals surface area contributed by atoms with E-state index in [4.69, 9.17) is 9.47 Å². The molecule has 0 bridgehead atoms. The van der Waals surface area contributed by atoms with E-state index >= 15 is 0 Å². The lowest BCUT2D eigenvalue weighted by Gasteiger charge is -2.23. The van der Waals surface area contributed by atoms with Crippen LogP contribution in [0.5, 0.6) is 5.75 Å². The van der Waals surface area contributed by atoms with Gasteiger partial charge in [-0.25, -0.2) is 9.78 Å². The van der Waals surface area contributed by atoms with Gasteiger partial charge in [0.2, 0.25) is 5.95 Å². The molecule has 7 heteroatoms. The summed E-state index contributed by atoms with van der Waals surface area (Å²) in [5.74, 6) is 2.64. The van der Waals surface area contributed by atoms with Crippen molar-refractivity contribution in [1.29, 1.82) is 0 Å². The van der Waals surface area contributed by atoms with Crippen LogP contribution in [0, 0.1) is 11.8 Å². The number of ether oxygens (including phenoxy) is 2. The van der Waals surface area contributed by atoms with Gasteiger partial charge in [-0.15, -0.1) is 0 Å². The monoisotopic (exact) mass is 398 g/mol. The second-order valence-electron chi connectivity index (χ2n) is 8.14. The molecule has 0 radical (unpaired) electrons. The molecule has 29 heavy (non-hydrogen) atoms. The van der Waals surface area contributed by atoms with Crippen LogP contribution in [0.1, 0.15) is 46.2 Å². The van der Waals surface area contributed by atoms with Gasteiger partial charge in [-0.2, -0.15) is 4.98 Å². The van der Waals surface area contributed by atoms with Crippen molar-refractivity contribution in [2.24, 2.45) is 11.8 Å². The minimum Gasteiger partial charge on any atom is -0.493 e. The van der Waals surface area contributed by atoms with Gasteiger partial charge in [0, 0.05) is 6.20 Å². The maximum absolute atomic E-state index is 12.2. The largest absolute Gasteiger partial charge is 0.493 e. The lowest BCUT2D eigenvalue weighted by atomic mass is 10.0. The quantitative estimate of drug-likeness (QED) is 0.697. The van der Waals surface area contributed by atoms with Gasteiger partial charge in [0.15, 0.2) is 0 Å². The summed E-state index contributed by atoms with van der Waals surface area (Å²) in [5, 5.41) is 3.31. The van der Waals surface area contributed by atoms with E-state index in [-0.39, 0.29) is 24.1 Å². The molecule has 1 aromatic heterocycles. The molecule has 0 spiro atoms. The lowest BCUT2D eigenvalue weighted by molar-refractivity contribution is 0.177. The SMILES string of the molecule is CC(C)COc1ccc([C@H](C)Nc2nccc(N3C(=O)OCC3C(C)C)n2)cc1. The number of nitrogens with zero attached hydrogens (tertiary/aromatic N) is 3. The highest BCUT2D eigenvalue weighted by atomic mass is 16.6. The molecule has 1 fully saturated rings. The van der Waals surface area contributed by atoms with Crippen molar-refractivity contribution in [2.75, 3.05) is 23.4 Å². The molecule has 0 saturated carbocycles. The molecule has 2 atom stereocenters. The average molecular weight is 399 g/mol. The minimum absolute atomic E-state index is 0.00387. The Kier molecular flexibility index (Phi) is 6.56. The minimum atomic E-state index is -0.363. The number of hydrogen-bond acceptors (Lipinski definition) is 6. The van der Waals surface area contributed by atoms with Crippen LogP contribution in [0.15, 0.2) is 36.5 Å². The van der Waals surface area contributed by atoms with E-state index in [0.717, 1.165) is 11.3 Å². The third-order valence-corrected chi connectivity index (χ3v) is 4.87. The predicted molar refractivity (Wildman–Crippen MR) is 113 cm³/mol. The van der Waals surface area contributed by atoms with Crippen molar-refractivity contribution in [1.82, 2.24) is 9.97 Å². The van der Waals surface area contributed by atoms with E-state index in [1.54, 1.807) is 17.2 Å². The molecule has 3 rings (SSSR count). The van der Waals surface area contributed by atoms with Gasteiger partial charge in [0.25, 0.3) is 0 Å². The molecular formula is C22H30N4O3. The van der Waals surface area contributed by atoms with Crippen LogP contribution in [0.4, 0.5) is 16.6 Å². The number of carbonyl (C=O) groups is 1. The zero-order chi connectivity index (χ0) is 21.0. The molecule has 2 heterocycles. The van der Waals surface area contributed by atoms with Crippen molar-refractivity contribution >= 4 is 17.9 Å². The van der Waals surface area contributed by atoms with Gasteiger partial charge < -0.3 is 14.8 Å². The molecule has 2 aromatic rings. The fraction of sp³-hybridized carbons (Fsp3) is 0.500. The molecular weight excluding hydrogens is 368 g/mol. The Bertz CT molecular complexity index is 823. The lowest BCUT2D eigenvalue weighted by Crippen LogP contribution is -2.37. The van der Waals surface area contributed by atoms with Gasteiger partial charge in [-0.1, -0.05) is 39.8 Å². The molecule has 0 aliphatic carbocycles. The highest BCUT2D eigenvalue weighted by molar-refractivity contribution is 5.89. The van der Waals surface area contributed by atoms with Crippen LogP contribution in [0.3, 0.4) is 0 Å². The Hall–Kier alpha value is -2.83. The average Bonchev–Trinajstić information content (AvgIpc) is 3.08. The van der Waals surface area contributed by atoms with Crippen molar-refractivity contribution < 1.29 is 14.3 Å². The molecule has 1 unspecified atom stereocenters. The number of cyclic esters (lactones) is 1. The number of nitrogens with one attached hydrogen (secondary N) is 1. The normalized spacial score (nSPS) is 17.6. The van der Waals surface area contributed by atoms with Crippen molar-refractivity contribution in [3.8, 4) is 5.75 Å². The number of carbonyl (C=O) groups excluding carboxylic acids is 1. The number of hydrogen-bond donors (Lipinski definition) is 1. The third-order valence-electron chi connectivity index (χ3n) is 4.87. The number of benzene rings is 1. The summed E-state index contributed by atoms with van der Waals surface area (Å²) in [4.78, 5) is 22.7. The fourth-order valence-corrected chi connectivity index (χ4v) is 3.14. The van der Waals surface area contributed by atoms with E-state index in [1.807, 2.05) is 31.2 Å². The third kappa shape index (κ3) is 5.16. The van der Waals surface area contributed by atoms with Crippen molar-refractivity contribution in [3.05, 3.63) is 42.1 Å². The summed E-state index contributed by atoms with van der Waals surface area (Å²) in [6.07, 6.45) is 1.29. The second kappa shape index (κ2) is 9.11. The van der Waals surface area contributed by atoms with E-state index in [0.29, 0.717) is 30.9 Å². The summed E-state index contributed by atoms with van der Waals surface area (Å²) in [6.45, 7) is 11.5. The number of aromatic nitrogens is 2. The maximum atomic E-state index is 12.2. The summed E-state index contributed by atoms with van der Waals surface area (Å²) in [5.41, 5.74) is 1.09. The Balaban J connectivity index is 1.69. The first-order valence-electron chi connectivity index (χ1n) is 10.1. The van der Waals surface area contributed by atoms with E-state index < -0.39 is 0 Å². The van der Waals surface area contributed by atoms with Crippen molar-refractivity contribution in [2.45, 2.75) is 46.7 Å². The first-order valence-corrected chi connectivity index (χ1v) is 10.1. The number of anilines is 2. The maximum Gasteiger partial charge on any atom is 0.415 e. The Morgan fingerprint density at radius 2 is 1.90 bits per heavy atom. The molecule has 1 N–H and O–H groups in total. The van der Waals surface area contributed by atoms with Gasteiger partial charge in [0.05, 0.1) is 18.7 Å².